The van der Waals surface area contributed by atoms with Gasteiger partial charge in [-0.05, 0) is 6.07 Å². The number of ether oxygens (including phenoxy) is 2. The van der Waals surface area contributed by atoms with Crippen LogP contribution in [0, 0.1) is 0 Å². The van der Waals surface area contributed by atoms with Crippen LogP contribution in [0.15, 0.2) is 18.2 Å². The molecule has 0 fully saturated rings. The van der Waals surface area contributed by atoms with E-state index in [9.17, 15) is 8.42 Å². The maximum absolute atomic E-state index is 11.3. The Balaban J connectivity index is 2.84. The highest BCUT2D eigenvalue weighted by Crippen LogP contribution is 2.24. The van der Waals surface area contributed by atoms with Gasteiger partial charge in [-0.2, -0.15) is 0 Å². The second kappa shape index (κ2) is 6.23. The first-order valence-electron chi connectivity index (χ1n) is 4.76. The molecule has 5 nitrogen and oxygen atoms in total. The van der Waals surface area contributed by atoms with Crippen LogP contribution in [0.1, 0.15) is 5.56 Å². The molecule has 17 heavy (non-hydrogen) atoms. The summed E-state index contributed by atoms with van der Waals surface area (Å²) in [5, 5.41) is 0. The molecule has 96 valence electrons. The minimum absolute atomic E-state index is 0.127. The van der Waals surface area contributed by atoms with Crippen LogP contribution in [-0.4, -0.2) is 27.3 Å². The summed E-state index contributed by atoms with van der Waals surface area (Å²) in [6.45, 7) is 0.182. The molecule has 0 aliphatic carbocycles. The second-order valence-electron chi connectivity index (χ2n) is 3.22. The standard InChI is InChI=1S/C10H14BrNO4S/c1-15-9-4-3-8(10(5-9)16-2)6-12-17(13,14)7-11/h3-5,12H,6-7H2,1-2H3. The number of hydrogen-bond donors (Lipinski definition) is 1. The Hall–Kier alpha value is -0.790. The van der Waals surface area contributed by atoms with Crippen LogP contribution in [-0.2, 0) is 16.6 Å². The summed E-state index contributed by atoms with van der Waals surface area (Å²) in [7, 11) is -0.196. The Bertz CT molecular complexity index is 475. The van der Waals surface area contributed by atoms with Crippen LogP contribution in [0.25, 0.3) is 0 Å². The predicted molar refractivity (Wildman–Crippen MR) is 69.1 cm³/mol. The summed E-state index contributed by atoms with van der Waals surface area (Å²) < 4.78 is 35.1. The van der Waals surface area contributed by atoms with Gasteiger partial charge in [0.25, 0.3) is 0 Å². The third kappa shape index (κ3) is 4.18. The van der Waals surface area contributed by atoms with E-state index in [4.69, 9.17) is 9.47 Å². The molecule has 0 heterocycles. The molecule has 0 saturated heterocycles. The number of alkyl halides is 1. The molecular formula is C10H14BrNO4S. The summed E-state index contributed by atoms with van der Waals surface area (Å²) in [6.07, 6.45) is 0. The number of hydrogen-bond acceptors (Lipinski definition) is 4. The van der Waals surface area contributed by atoms with Gasteiger partial charge in [-0.15, -0.1) is 0 Å². The minimum Gasteiger partial charge on any atom is -0.497 e. The number of benzene rings is 1. The largest absolute Gasteiger partial charge is 0.497 e. The Kier molecular flexibility index (Phi) is 5.23. The average molecular weight is 324 g/mol. The topological polar surface area (TPSA) is 64.6 Å². The molecule has 0 aliphatic rings. The summed E-state index contributed by atoms with van der Waals surface area (Å²) in [5.41, 5.74) is 0.748. The normalized spacial score (nSPS) is 11.2. The van der Waals surface area contributed by atoms with Crippen LogP contribution in [0.3, 0.4) is 0 Å². The van der Waals surface area contributed by atoms with Crippen molar-refractivity contribution in [3.8, 4) is 11.5 Å². The Morgan fingerprint density at radius 2 is 2.00 bits per heavy atom. The molecule has 1 rings (SSSR count). The molecule has 0 aromatic heterocycles. The van der Waals surface area contributed by atoms with Crippen LogP contribution in [0.2, 0.25) is 0 Å². The van der Waals surface area contributed by atoms with Gasteiger partial charge in [0.15, 0.2) is 0 Å². The first-order chi connectivity index (χ1) is 8.02. The van der Waals surface area contributed by atoms with Crippen LogP contribution in [0.4, 0.5) is 0 Å². The van der Waals surface area contributed by atoms with Crippen molar-refractivity contribution in [2.45, 2.75) is 6.54 Å². The zero-order valence-corrected chi connectivity index (χ0v) is 12.0. The van der Waals surface area contributed by atoms with Crippen molar-refractivity contribution in [3.05, 3.63) is 23.8 Å². The van der Waals surface area contributed by atoms with Crippen LogP contribution in [0.5, 0.6) is 11.5 Å². The van der Waals surface area contributed by atoms with Gasteiger partial charge >= 0.3 is 0 Å². The van der Waals surface area contributed by atoms with Gasteiger partial charge in [0.05, 0.1) is 14.2 Å². The van der Waals surface area contributed by atoms with Gasteiger partial charge in [-0.1, -0.05) is 22.0 Å². The summed E-state index contributed by atoms with van der Waals surface area (Å²) in [5.74, 6) is 1.25. The average Bonchev–Trinajstić information content (AvgIpc) is 2.36. The third-order valence-electron chi connectivity index (χ3n) is 2.12. The van der Waals surface area contributed by atoms with Crippen LogP contribution < -0.4 is 14.2 Å². The summed E-state index contributed by atoms with van der Waals surface area (Å²) in [4.78, 5) is 0. The molecule has 0 atom stereocenters. The number of halogens is 1. The number of methoxy groups -OCH3 is 2. The van der Waals surface area contributed by atoms with Gasteiger partial charge in [0.2, 0.25) is 10.0 Å². The highest BCUT2D eigenvalue weighted by Gasteiger charge is 2.10. The molecule has 7 heteroatoms. The van der Waals surface area contributed by atoms with Gasteiger partial charge in [-0.25, -0.2) is 13.1 Å². The van der Waals surface area contributed by atoms with Crippen molar-refractivity contribution in [2.75, 3.05) is 18.9 Å². The lowest BCUT2D eigenvalue weighted by Gasteiger charge is -2.10. The SMILES string of the molecule is COc1ccc(CNS(=O)(=O)CBr)c(OC)c1. The Morgan fingerprint density at radius 1 is 1.29 bits per heavy atom. The fourth-order valence-corrected chi connectivity index (χ4v) is 2.16. The molecular weight excluding hydrogens is 310 g/mol. The van der Waals surface area contributed by atoms with E-state index >= 15 is 0 Å². The van der Waals surface area contributed by atoms with E-state index < -0.39 is 10.0 Å². The van der Waals surface area contributed by atoms with E-state index in [0.29, 0.717) is 11.5 Å². The van der Waals surface area contributed by atoms with Crippen molar-refractivity contribution in [1.82, 2.24) is 4.72 Å². The zero-order chi connectivity index (χ0) is 12.9. The second-order valence-corrected chi connectivity index (χ2v) is 6.33. The molecule has 0 saturated carbocycles. The maximum atomic E-state index is 11.3. The van der Waals surface area contributed by atoms with E-state index in [2.05, 4.69) is 20.7 Å². The highest BCUT2D eigenvalue weighted by molar-refractivity contribution is 9.10. The lowest BCUT2D eigenvalue weighted by atomic mass is 10.2. The fraction of sp³-hybridized carbons (Fsp3) is 0.400. The maximum Gasteiger partial charge on any atom is 0.221 e. The van der Waals surface area contributed by atoms with Crippen LogP contribution >= 0.6 is 15.9 Å². The number of sulfonamides is 1. The van der Waals surface area contributed by atoms with Crippen molar-refractivity contribution in [1.29, 1.82) is 0 Å². The van der Waals surface area contributed by atoms with Gasteiger partial charge in [-0.3, -0.25) is 0 Å². The molecule has 1 aromatic rings. The minimum atomic E-state index is -3.28. The molecule has 0 amide bonds. The van der Waals surface area contributed by atoms with Gasteiger partial charge < -0.3 is 9.47 Å². The lowest BCUT2D eigenvalue weighted by molar-refractivity contribution is 0.390. The zero-order valence-electron chi connectivity index (χ0n) is 9.57. The van der Waals surface area contributed by atoms with Crippen molar-refractivity contribution in [2.24, 2.45) is 0 Å². The summed E-state index contributed by atoms with van der Waals surface area (Å²) in [6, 6.07) is 5.21. The molecule has 0 bridgehead atoms. The molecule has 0 spiro atoms. The van der Waals surface area contributed by atoms with E-state index in [1.165, 1.54) is 7.11 Å². The lowest BCUT2D eigenvalue weighted by Crippen LogP contribution is -2.23. The first-order valence-corrected chi connectivity index (χ1v) is 7.54. The molecule has 0 unspecified atom stereocenters. The van der Waals surface area contributed by atoms with Crippen molar-refractivity contribution < 1.29 is 17.9 Å². The van der Waals surface area contributed by atoms with Gasteiger partial charge in [0, 0.05) is 18.2 Å². The van der Waals surface area contributed by atoms with E-state index in [1.807, 2.05) is 0 Å². The number of rotatable bonds is 6. The van der Waals surface area contributed by atoms with E-state index in [1.54, 1.807) is 25.3 Å². The smallest absolute Gasteiger partial charge is 0.221 e. The first kappa shape index (κ1) is 14.3. The molecule has 0 aliphatic heterocycles. The highest BCUT2D eigenvalue weighted by atomic mass is 79.9. The molecule has 1 N–H and O–H groups in total. The molecule has 0 radical (unpaired) electrons. The van der Waals surface area contributed by atoms with Gasteiger partial charge in [0.1, 0.15) is 16.2 Å². The Morgan fingerprint density at radius 3 is 2.53 bits per heavy atom. The van der Waals surface area contributed by atoms with Crippen molar-refractivity contribution in [3.63, 3.8) is 0 Å². The molecule has 1 aromatic carbocycles. The fourth-order valence-electron chi connectivity index (χ4n) is 1.22. The quantitative estimate of drug-likeness (QED) is 0.805. The van der Waals surface area contributed by atoms with Crippen molar-refractivity contribution >= 4 is 26.0 Å². The number of nitrogens with one attached hydrogen (secondary N) is 1. The summed E-state index contributed by atoms with van der Waals surface area (Å²) >= 11 is 2.90. The monoisotopic (exact) mass is 323 g/mol. The van der Waals surface area contributed by atoms with E-state index in [0.717, 1.165) is 5.56 Å². The predicted octanol–water partition coefficient (Wildman–Crippen LogP) is 1.48. The van der Waals surface area contributed by atoms with E-state index in [-0.39, 0.29) is 11.2 Å². The Labute approximate surface area is 109 Å². The third-order valence-corrected chi connectivity index (χ3v) is 4.80.